The molecular weight excluding hydrogens is 278 g/mol. The van der Waals surface area contributed by atoms with Crippen molar-refractivity contribution in [3.05, 3.63) is 29.8 Å². The van der Waals surface area contributed by atoms with Crippen molar-refractivity contribution < 1.29 is 17.9 Å². The molecule has 0 N–H and O–H groups in total. The third kappa shape index (κ3) is 3.19. The summed E-state index contributed by atoms with van der Waals surface area (Å²) in [5, 5.41) is 0. The van der Waals surface area contributed by atoms with Crippen LogP contribution in [0.5, 0.6) is 0 Å². The van der Waals surface area contributed by atoms with Crippen molar-refractivity contribution in [1.29, 1.82) is 0 Å². The lowest BCUT2D eigenvalue weighted by Gasteiger charge is -2.16. The van der Waals surface area contributed by atoms with E-state index < -0.39 is 10.0 Å². The van der Waals surface area contributed by atoms with E-state index in [0.717, 1.165) is 12.0 Å². The van der Waals surface area contributed by atoms with Gasteiger partial charge in [0.25, 0.3) is 0 Å². The molecule has 1 aliphatic rings. The van der Waals surface area contributed by atoms with E-state index in [1.165, 1.54) is 11.4 Å². The number of hydrogen-bond acceptors (Lipinski definition) is 4. The Morgan fingerprint density at radius 3 is 2.50 bits per heavy atom. The summed E-state index contributed by atoms with van der Waals surface area (Å²) >= 11 is 0. The molecule has 0 saturated carbocycles. The Morgan fingerprint density at radius 2 is 2.00 bits per heavy atom. The van der Waals surface area contributed by atoms with E-state index in [4.69, 9.17) is 0 Å². The first-order valence-corrected chi connectivity index (χ1v) is 8.03. The number of carbonyl (C=O) groups excluding carboxylic acids is 1. The van der Waals surface area contributed by atoms with Gasteiger partial charge in [-0.3, -0.25) is 4.79 Å². The summed E-state index contributed by atoms with van der Waals surface area (Å²) in [6, 6.07) is 6.42. The Hall–Kier alpha value is -1.40. The molecule has 0 amide bonds. The highest BCUT2D eigenvalue weighted by Gasteiger charge is 2.30. The van der Waals surface area contributed by atoms with Crippen LogP contribution in [0.15, 0.2) is 29.2 Å². The van der Waals surface area contributed by atoms with E-state index in [1.54, 1.807) is 24.3 Å². The van der Waals surface area contributed by atoms with E-state index in [0.29, 0.717) is 19.0 Å². The molecule has 1 heterocycles. The van der Waals surface area contributed by atoms with Crippen LogP contribution in [-0.4, -0.2) is 38.9 Å². The van der Waals surface area contributed by atoms with Crippen LogP contribution in [-0.2, 0) is 26.0 Å². The molecule has 0 aromatic heterocycles. The van der Waals surface area contributed by atoms with E-state index in [2.05, 4.69) is 11.7 Å². The summed E-state index contributed by atoms with van der Waals surface area (Å²) in [5.41, 5.74) is 0.741. The molecule has 1 aromatic carbocycles. The first-order chi connectivity index (χ1) is 9.43. The highest BCUT2D eigenvalue weighted by Crippen LogP contribution is 2.24. The van der Waals surface area contributed by atoms with Crippen LogP contribution in [0.1, 0.15) is 18.9 Å². The number of nitrogens with zero attached hydrogens (tertiary/aromatic N) is 1. The lowest BCUT2D eigenvalue weighted by molar-refractivity contribution is -0.139. The fraction of sp³-hybridized carbons (Fsp3) is 0.500. The Morgan fingerprint density at radius 1 is 1.35 bits per heavy atom. The third-order valence-electron chi connectivity index (χ3n) is 3.52. The van der Waals surface area contributed by atoms with Gasteiger partial charge in [0.2, 0.25) is 10.0 Å². The maximum absolute atomic E-state index is 12.4. The second kappa shape index (κ2) is 5.93. The van der Waals surface area contributed by atoms with Gasteiger partial charge in [-0.2, -0.15) is 4.31 Å². The highest BCUT2D eigenvalue weighted by atomic mass is 32.2. The molecule has 1 atom stereocenters. The second-order valence-corrected chi connectivity index (χ2v) is 7.09. The Bertz CT molecular complexity index is 580. The van der Waals surface area contributed by atoms with Gasteiger partial charge < -0.3 is 4.74 Å². The summed E-state index contributed by atoms with van der Waals surface area (Å²) in [6.45, 7) is 3.20. The van der Waals surface area contributed by atoms with Crippen LogP contribution in [0.3, 0.4) is 0 Å². The zero-order valence-electron chi connectivity index (χ0n) is 11.7. The number of methoxy groups -OCH3 is 1. The lowest BCUT2D eigenvalue weighted by Crippen LogP contribution is -2.28. The van der Waals surface area contributed by atoms with Gasteiger partial charge in [0.15, 0.2) is 0 Å². The number of hydrogen-bond donors (Lipinski definition) is 0. The number of carbonyl (C=O) groups is 1. The average molecular weight is 297 g/mol. The van der Waals surface area contributed by atoms with Crippen molar-refractivity contribution in [2.75, 3.05) is 20.2 Å². The maximum Gasteiger partial charge on any atom is 0.309 e. The van der Waals surface area contributed by atoms with Gasteiger partial charge >= 0.3 is 5.97 Å². The zero-order chi connectivity index (χ0) is 14.8. The van der Waals surface area contributed by atoms with Crippen molar-refractivity contribution in [1.82, 2.24) is 4.31 Å². The van der Waals surface area contributed by atoms with Crippen LogP contribution in [0.25, 0.3) is 0 Å². The molecule has 6 heteroatoms. The molecule has 5 nitrogen and oxygen atoms in total. The first kappa shape index (κ1) is 15.0. The Balaban J connectivity index is 2.15. The quantitative estimate of drug-likeness (QED) is 0.789. The van der Waals surface area contributed by atoms with Gasteiger partial charge in [0.05, 0.1) is 18.4 Å². The minimum Gasteiger partial charge on any atom is -0.469 e. The molecule has 0 spiro atoms. The molecule has 20 heavy (non-hydrogen) atoms. The van der Waals surface area contributed by atoms with Gasteiger partial charge in [-0.1, -0.05) is 19.1 Å². The summed E-state index contributed by atoms with van der Waals surface area (Å²) in [4.78, 5) is 11.4. The molecule has 0 bridgehead atoms. The molecular formula is C14H19NO4S. The molecule has 1 aromatic rings. The van der Waals surface area contributed by atoms with E-state index in [9.17, 15) is 13.2 Å². The number of esters is 1. The van der Waals surface area contributed by atoms with E-state index in [1.807, 2.05) is 0 Å². The molecule has 0 aliphatic carbocycles. The summed E-state index contributed by atoms with van der Waals surface area (Å²) < 4.78 is 30.9. The summed E-state index contributed by atoms with van der Waals surface area (Å²) in [6.07, 6.45) is 1.05. The van der Waals surface area contributed by atoms with Gasteiger partial charge in [0, 0.05) is 13.1 Å². The SMILES string of the molecule is COC(=O)Cc1ccc(S(=O)(=O)N2CCC(C)C2)cc1. The zero-order valence-corrected chi connectivity index (χ0v) is 12.5. The van der Waals surface area contributed by atoms with Crippen molar-refractivity contribution in [2.45, 2.75) is 24.7 Å². The molecule has 1 fully saturated rings. The lowest BCUT2D eigenvalue weighted by atomic mass is 10.2. The average Bonchev–Trinajstić information content (AvgIpc) is 2.86. The number of sulfonamides is 1. The van der Waals surface area contributed by atoms with Crippen LogP contribution in [0.2, 0.25) is 0 Å². The minimum absolute atomic E-state index is 0.150. The smallest absolute Gasteiger partial charge is 0.309 e. The van der Waals surface area contributed by atoms with Crippen LogP contribution >= 0.6 is 0 Å². The summed E-state index contributed by atoms with van der Waals surface area (Å²) in [5.74, 6) is 0.0670. The van der Waals surface area contributed by atoms with Crippen molar-refractivity contribution in [3.63, 3.8) is 0 Å². The van der Waals surface area contributed by atoms with Crippen LogP contribution in [0, 0.1) is 5.92 Å². The van der Waals surface area contributed by atoms with Crippen LogP contribution < -0.4 is 0 Å². The van der Waals surface area contributed by atoms with E-state index in [-0.39, 0.29) is 17.3 Å². The van der Waals surface area contributed by atoms with Crippen LogP contribution in [0.4, 0.5) is 0 Å². The summed E-state index contributed by atoms with van der Waals surface area (Å²) in [7, 11) is -2.08. The first-order valence-electron chi connectivity index (χ1n) is 6.59. The van der Waals surface area contributed by atoms with Gasteiger partial charge in [-0.15, -0.1) is 0 Å². The third-order valence-corrected chi connectivity index (χ3v) is 5.40. The minimum atomic E-state index is -3.41. The Kier molecular flexibility index (Phi) is 4.45. The predicted molar refractivity (Wildman–Crippen MR) is 74.7 cm³/mol. The second-order valence-electron chi connectivity index (χ2n) is 5.15. The fourth-order valence-corrected chi connectivity index (χ4v) is 3.85. The maximum atomic E-state index is 12.4. The molecule has 0 radical (unpaired) electrons. The Labute approximate surface area is 119 Å². The fourth-order valence-electron chi connectivity index (χ4n) is 2.28. The largest absolute Gasteiger partial charge is 0.469 e. The molecule has 2 rings (SSSR count). The van der Waals surface area contributed by atoms with Crippen molar-refractivity contribution >= 4 is 16.0 Å². The van der Waals surface area contributed by atoms with Gasteiger partial charge in [0.1, 0.15) is 0 Å². The topological polar surface area (TPSA) is 63.7 Å². The standard InChI is InChI=1S/C14H19NO4S/c1-11-7-8-15(10-11)20(17,18)13-5-3-12(4-6-13)9-14(16)19-2/h3-6,11H,7-10H2,1-2H3. The normalized spacial score (nSPS) is 20.0. The molecule has 1 unspecified atom stereocenters. The number of rotatable bonds is 4. The number of ether oxygens (including phenoxy) is 1. The van der Waals surface area contributed by atoms with Gasteiger partial charge in [-0.05, 0) is 30.0 Å². The van der Waals surface area contributed by atoms with Gasteiger partial charge in [-0.25, -0.2) is 8.42 Å². The van der Waals surface area contributed by atoms with Crippen molar-refractivity contribution in [2.24, 2.45) is 5.92 Å². The molecule has 110 valence electrons. The molecule has 1 saturated heterocycles. The molecule has 1 aliphatic heterocycles. The number of benzene rings is 1. The van der Waals surface area contributed by atoms with Crippen molar-refractivity contribution in [3.8, 4) is 0 Å². The van der Waals surface area contributed by atoms with E-state index >= 15 is 0 Å². The highest BCUT2D eigenvalue weighted by molar-refractivity contribution is 7.89. The monoisotopic (exact) mass is 297 g/mol. The predicted octanol–water partition coefficient (Wildman–Crippen LogP) is 1.43.